The minimum Gasteiger partial charge on any atom is -0.468 e. The highest BCUT2D eigenvalue weighted by molar-refractivity contribution is 7.00. The van der Waals surface area contributed by atoms with Crippen LogP contribution in [-0.4, -0.2) is 6.71 Å². The molecule has 3 aliphatic rings. The molecule has 1 aliphatic carbocycles. The van der Waals surface area contributed by atoms with Crippen LogP contribution in [0.3, 0.4) is 0 Å². The van der Waals surface area contributed by atoms with Crippen LogP contribution in [0.2, 0.25) is 0 Å². The van der Waals surface area contributed by atoms with E-state index < -0.39 is 0 Å². The molecule has 75 heavy (non-hydrogen) atoms. The van der Waals surface area contributed by atoms with Gasteiger partial charge in [-0.3, -0.25) is 0 Å². The molecule has 0 radical (unpaired) electrons. The molecule has 0 N–H and O–H groups in total. The number of nitrogens with zero attached hydrogens (tertiary/aromatic N) is 3. The molecule has 0 fully saturated rings. The molecule has 0 saturated carbocycles. The summed E-state index contributed by atoms with van der Waals surface area (Å²) in [6.07, 6.45) is 2.25. The summed E-state index contributed by atoms with van der Waals surface area (Å²) in [5.41, 5.74) is 23.3. The lowest BCUT2D eigenvalue weighted by Gasteiger charge is -2.44. The molecule has 9 aromatic rings. The van der Waals surface area contributed by atoms with Crippen LogP contribution in [-0.2, 0) is 27.1 Å². The minimum absolute atomic E-state index is 0.000744. The first-order valence-corrected chi connectivity index (χ1v) is 27.3. The van der Waals surface area contributed by atoms with Gasteiger partial charge in [-0.05, 0) is 163 Å². The molecule has 2 aliphatic heterocycles. The molecule has 0 bridgehead atoms. The smallest absolute Gasteiger partial charge is 0.297 e. The molecule has 12 rings (SSSR count). The summed E-state index contributed by atoms with van der Waals surface area (Å²) in [6, 6.07) is 66.6. The van der Waals surface area contributed by atoms with Gasteiger partial charge in [-0.25, -0.2) is 0 Å². The van der Waals surface area contributed by atoms with E-state index in [4.69, 9.17) is 4.42 Å². The van der Waals surface area contributed by atoms with Crippen molar-refractivity contribution in [3.8, 4) is 11.1 Å². The minimum atomic E-state index is -0.223. The van der Waals surface area contributed by atoms with E-state index in [2.05, 4.69) is 281 Å². The first-order chi connectivity index (χ1) is 35.6. The fourth-order valence-electron chi connectivity index (χ4n) is 12.4. The molecule has 5 heteroatoms. The third kappa shape index (κ3) is 8.12. The summed E-state index contributed by atoms with van der Waals surface area (Å²) in [7, 11) is 0. The number of para-hydroxylation sites is 2. The largest absolute Gasteiger partial charge is 0.468 e. The van der Waals surface area contributed by atoms with E-state index in [0.717, 1.165) is 75.0 Å². The van der Waals surface area contributed by atoms with E-state index in [1.165, 1.54) is 55.6 Å². The zero-order chi connectivity index (χ0) is 52.6. The SMILES string of the molecule is CC(C)(C)c1ccc(N2c3ccc(C(C)(C)C)cc3B3c4oc5cc6c(cc5c4N(c4ccc(C(C)(C)C)cc4-c4ccccc4)c4cc(N(c5ccccc5)c5ccccc5)cc2c43)C(C)(C)CCC6(C)C)cc1. The Bertz CT molecular complexity index is 3620. The summed E-state index contributed by atoms with van der Waals surface area (Å²) in [6.45, 7) is 30.4. The standard InChI is InChI=1S/C70H72BN3O/c1-66(2,3)46-29-33-51(34-30-46)73-59-36-32-48(68(7,8)9)40-57(59)71-63-60(73)41-52(72(49-25-19-15-20-26-49)50-27-21-16-22-28-50)42-61(63)74(58-35-31-47(67(4,5)6)39-53(58)45-23-17-14-18-24-45)64-54-43-55-56(44-62(54)75-65(64)71)70(12,13)38-37-69(55,10)11/h14-36,39-44H,37-38H2,1-13H3. The second-order valence-corrected chi connectivity index (χ2v) is 26.2. The van der Waals surface area contributed by atoms with Crippen LogP contribution in [0.1, 0.15) is 131 Å². The van der Waals surface area contributed by atoms with E-state index in [0.29, 0.717) is 0 Å². The van der Waals surface area contributed by atoms with Crippen molar-refractivity contribution >= 4 is 85.5 Å². The highest BCUT2D eigenvalue weighted by Gasteiger charge is 2.49. The van der Waals surface area contributed by atoms with Crippen LogP contribution in [0, 0.1) is 0 Å². The second-order valence-electron chi connectivity index (χ2n) is 26.2. The number of fused-ring (bicyclic) bond motifs is 7. The van der Waals surface area contributed by atoms with Gasteiger partial charge in [0, 0.05) is 45.1 Å². The third-order valence-electron chi connectivity index (χ3n) is 17.0. The monoisotopic (exact) mass is 982 g/mol. The Morgan fingerprint density at radius 1 is 0.467 bits per heavy atom. The summed E-state index contributed by atoms with van der Waals surface area (Å²) < 4.78 is 7.76. The molecule has 0 amide bonds. The normalized spacial score (nSPS) is 15.6. The predicted octanol–water partition coefficient (Wildman–Crippen LogP) is 17.9. The highest BCUT2D eigenvalue weighted by Crippen LogP contribution is 2.54. The van der Waals surface area contributed by atoms with Gasteiger partial charge in [0.15, 0.2) is 0 Å². The van der Waals surface area contributed by atoms with Gasteiger partial charge in [-0.15, -0.1) is 0 Å². The van der Waals surface area contributed by atoms with Crippen LogP contribution >= 0.6 is 0 Å². The second kappa shape index (κ2) is 17.1. The maximum atomic E-state index is 7.76. The zero-order valence-electron chi connectivity index (χ0n) is 46.5. The first-order valence-electron chi connectivity index (χ1n) is 27.3. The molecule has 0 unspecified atom stereocenters. The quantitative estimate of drug-likeness (QED) is 0.155. The Morgan fingerprint density at radius 3 is 1.52 bits per heavy atom. The van der Waals surface area contributed by atoms with Gasteiger partial charge in [-0.2, -0.15) is 0 Å². The lowest BCUT2D eigenvalue weighted by molar-refractivity contribution is 0.332. The molecule has 0 spiro atoms. The maximum Gasteiger partial charge on any atom is 0.297 e. The number of hydrogen-bond donors (Lipinski definition) is 0. The molecule has 3 heterocycles. The van der Waals surface area contributed by atoms with Crippen LogP contribution in [0.5, 0.6) is 0 Å². The van der Waals surface area contributed by atoms with Crippen molar-refractivity contribution in [3.05, 3.63) is 204 Å². The molecule has 376 valence electrons. The summed E-state index contributed by atoms with van der Waals surface area (Å²) in [5, 5.41) is 1.16. The van der Waals surface area contributed by atoms with Crippen LogP contribution < -0.4 is 31.3 Å². The van der Waals surface area contributed by atoms with Crippen molar-refractivity contribution in [2.24, 2.45) is 0 Å². The van der Waals surface area contributed by atoms with Crippen molar-refractivity contribution in [2.45, 2.75) is 130 Å². The Kier molecular flexibility index (Phi) is 11.1. The number of anilines is 9. The van der Waals surface area contributed by atoms with Crippen LogP contribution in [0.15, 0.2) is 180 Å². The molecule has 0 atom stereocenters. The topological polar surface area (TPSA) is 22.9 Å². The van der Waals surface area contributed by atoms with E-state index in [-0.39, 0.29) is 33.8 Å². The Labute approximate surface area is 447 Å². The third-order valence-corrected chi connectivity index (χ3v) is 17.0. The van der Waals surface area contributed by atoms with Crippen LogP contribution in [0.25, 0.3) is 22.1 Å². The lowest BCUT2D eigenvalue weighted by Crippen LogP contribution is -2.61. The number of benzene rings is 8. The number of hydrogen-bond acceptors (Lipinski definition) is 4. The van der Waals surface area contributed by atoms with Crippen molar-refractivity contribution in [1.29, 1.82) is 0 Å². The van der Waals surface area contributed by atoms with Gasteiger partial charge in [0.1, 0.15) is 5.58 Å². The molecule has 0 saturated heterocycles. The Morgan fingerprint density at radius 2 is 0.960 bits per heavy atom. The van der Waals surface area contributed by atoms with Gasteiger partial charge >= 0.3 is 0 Å². The van der Waals surface area contributed by atoms with E-state index in [1.54, 1.807) is 0 Å². The Hall–Kier alpha value is -7.24. The Balaban J connectivity index is 1.27. The summed E-state index contributed by atoms with van der Waals surface area (Å²) >= 11 is 0. The maximum absolute atomic E-state index is 7.76. The van der Waals surface area contributed by atoms with Crippen molar-refractivity contribution in [3.63, 3.8) is 0 Å². The molecular formula is C70H72BN3O. The summed E-state index contributed by atoms with van der Waals surface area (Å²) in [4.78, 5) is 7.61. The van der Waals surface area contributed by atoms with Gasteiger partial charge in [-0.1, -0.05) is 187 Å². The van der Waals surface area contributed by atoms with E-state index in [9.17, 15) is 0 Å². The first kappa shape index (κ1) is 48.7. The van der Waals surface area contributed by atoms with Crippen molar-refractivity contribution in [2.75, 3.05) is 14.7 Å². The van der Waals surface area contributed by atoms with Crippen molar-refractivity contribution in [1.82, 2.24) is 0 Å². The van der Waals surface area contributed by atoms with E-state index >= 15 is 0 Å². The highest BCUT2D eigenvalue weighted by atomic mass is 16.3. The van der Waals surface area contributed by atoms with Gasteiger partial charge < -0.3 is 19.1 Å². The number of rotatable bonds is 6. The number of furan rings is 1. The average Bonchev–Trinajstić information content (AvgIpc) is 3.75. The molecule has 4 nitrogen and oxygen atoms in total. The van der Waals surface area contributed by atoms with E-state index in [1.807, 2.05) is 0 Å². The van der Waals surface area contributed by atoms with Crippen LogP contribution in [0.4, 0.5) is 51.2 Å². The van der Waals surface area contributed by atoms with Gasteiger partial charge in [0.05, 0.1) is 22.7 Å². The van der Waals surface area contributed by atoms with Crippen molar-refractivity contribution < 1.29 is 4.42 Å². The fourth-order valence-corrected chi connectivity index (χ4v) is 12.4. The van der Waals surface area contributed by atoms with Gasteiger partial charge in [0.2, 0.25) is 0 Å². The van der Waals surface area contributed by atoms with Gasteiger partial charge in [0.25, 0.3) is 6.71 Å². The average molecular weight is 982 g/mol. The molecule has 1 aromatic heterocycles. The molecular weight excluding hydrogens is 910 g/mol. The zero-order valence-corrected chi connectivity index (χ0v) is 46.5. The summed E-state index contributed by atoms with van der Waals surface area (Å²) in [5.74, 6) is 0. The lowest BCUT2D eigenvalue weighted by atomic mass is 9.35. The fraction of sp³-hybridized carbons (Fsp3) is 0.286. The molecule has 8 aromatic carbocycles. The predicted molar refractivity (Wildman–Crippen MR) is 322 cm³/mol.